The molecule has 1 aliphatic heterocycles. The summed E-state index contributed by atoms with van der Waals surface area (Å²) < 4.78 is 10.3. The average molecular weight is 375 g/mol. The van der Waals surface area contributed by atoms with Crippen molar-refractivity contribution in [2.45, 2.75) is 18.6 Å². The number of methoxy groups -OCH3 is 2. The highest BCUT2D eigenvalue weighted by Gasteiger charge is 2.27. The molecule has 0 radical (unpaired) electrons. The van der Waals surface area contributed by atoms with Gasteiger partial charge in [-0.2, -0.15) is 0 Å². The first kappa shape index (κ1) is 18.0. The van der Waals surface area contributed by atoms with Crippen LogP contribution in [0.4, 0.5) is 5.00 Å². The first-order valence-corrected chi connectivity index (χ1v) is 9.20. The van der Waals surface area contributed by atoms with E-state index in [0.29, 0.717) is 16.2 Å². The fourth-order valence-electron chi connectivity index (χ4n) is 2.33. The molecule has 2 rings (SSSR count). The third kappa shape index (κ3) is 3.96. The number of thiophene rings is 1. The summed E-state index contributed by atoms with van der Waals surface area (Å²) in [6, 6.07) is 0. The predicted molar refractivity (Wildman–Crippen MR) is 96.1 cm³/mol. The van der Waals surface area contributed by atoms with Crippen molar-refractivity contribution in [2.75, 3.05) is 33.0 Å². The fourth-order valence-corrected chi connectivity index (χ4v) is 4.70. The highest BCUT2D eigenvalue weighted by Crippen LogP contribution is 2.35. The van der Waals surface area contributed by atoms with Crippen LogP contribution < -0.4 is 5.73 Å². The number of hydrogen-bond acceptors (Lipinski definition) is 8. The molecule has 0 amide bonds. The summed E-state index contributed by atoms with van der Waals surface area (Å²) >= 11 is 7.87. The topological polar surface area (TPSA) is 81.9 Å². The van der Waals surface area contributed by atoms with Gasteiger partial charge in [0.05, 0.1) is 19.8 Å². The van der Waals surface area contributed by atoms with E-state index in [1.807, 2.05) is 0 Å². The number of likely N-dealkylation sites (tertiary alicyclic amines) is 1. The molecule has 1 fully saturated rings. The molecule has 6 nitrogen and oxygen atoms in total. The van der Waals surface area contributed by atoms with E-state index >= 15 is 0 Å². The first-order valence-electron chi connectivity index (χ1n) is 6.99. The maximum atomic E-state index is 12.0. The minimum Gasteiger partial charge on any atom is -0.465 e. The Morgan fingerprint density at radius 3 is 2.43 bits per heavy atom. The molecular formula is C14H18N2O4S3. The molecule has 0 spiro atoms. The van der Waals surface area contributed by atoms with Gasteiger partial charge in [0.2, 0.25) is 0 Å². The molecule has 9 heteroatoms. The molecule has 1 aliphatic rings. The molecule has 2 heterocycles. The van der Waals surface area contributed by atoms with E-state index in [4.69, 9.17) is 27.4 Å². The van der Waals surface area contributed by atoms with E-state index in [1.165, 1.54) is 26.0 Å². The Kier molecular flexibility index (Phi) is 6.25. The maximum Gasteiger partial charge on any atom is 0.348 e. The van der Waals surface area contributed by atoms with Crippen molar-refractivity contribution in [2.24, 2.45) is 0 Å². The predicted octanol–water partition coefficient (Wildman–Crippen LogP) is 2.52. The van der Waals surface area contributed by atoms with Crippen LogP contribution in [0.3, 0.4) is 0 Å². The van der Waals surface area contributed by atoms with Crippen LogP contribution in [0.2, 0.25) is 0 Å². The van der Waals surface area contributed by atoms with Crippen LogP contribution in [-0.4, -0.2) is 48.5 Å². The molecule has 1 saturated heterocycles. The minimum absolute atomic E-state index is 0.231. The highest BCUT2D eigenvalue weighted by molar-refractivity contribution is 8.22. The number of anilines is 1. The number of carbonyl (C=O) groups is 2. The number of hydrogen-bond donors (Lipinski definition) is 1. The van der Waals surface area contributed by atoms with Crippen LogP contribution in [-0.2, 0) is 15.2 Å². The Morgan fingerprint density at radius 2 is 1.87 bits per heavy atom. The fraction of sp³-hybridized carbons (Fsp3) is 0.500. The lowest BCUT2D eigenvalue weighted by molar-refractivity contribution is 0.0601. The summed E-state index contributed by atoms with van der Waals surface area (Å²) in [5.41, 5.74) is 6.65. The van der Waals surface area contributed by atoms with Crippen LogP contribution in [0.25, 0.3) is 0 Å². The summed E-state index contributed by atoms with van der Waals surface area (Å²) in [6.45, 7) is 1.90. The normalized spacial score (nSPS) is 13.9. The van der Waals surface area contributed by atoms with Crippen molar-refractivity contribution in [3.05, 3.63) is 16.0 Å². The standard InChI is InChI=1S/C14H18N2O4S3/c1-19-12(17)9-8(10(13(18)20-2)23-11(9)15)7-22-14(21)16-5-3-4-6-16/h3-7,15H2,1-2H3. The summed E-state index contributed by atoms with van der Waals surface area (Å²) in [4.78, 5) is 26.4. The van der Waals surface area contributed by atoms with E-state index in [2.05, 4.69) is 4.90 Å². The summed E-state index contributed by atoms with van der Waals surface area (Å²) in [5.74, 6) is -0.700. The molecule has 126 valence electrons. The van der Waals surface area contributed by atoms with Crippen molar-refractivity contribution >= 4 is 56.6 Å². The molecule has 0 aromatic carbocycles. The molecule has 0 bridgehead atoms. The van der Waals surface area contributed by atoms with E-state index in [9.17, 15) is 9.59 Å². The molecule has 0 atom stereocenters. The van der Waals surface area contributed by atoms with Gasteiger partial charge in [-0.15, -0.1) is 11.3 Å². The lowest BCUT2D eigenvalue weighted by atomic mass is 10.1. The van der Waals surface area contributed by atoms with Crippen LogP contribution >= 0.6 is 35.3 Å². The van der Waals surface area contributed by atoms with Crippen LogP contribution in [0.15, 0.2) is 0 Å². The summed E-state index contributed by atoms with van der Waals surface area (Å²) in [6.07, 6.45) is 2.26. The van der Waals surface area contributed by atoms with Crippen molar-refractivity contribution < 1.29 is 19.1 Å². The van der Waals surface area contributed by atoms with E-state index in [1.54, 1.807) is 0 Å². The second kappa shape index (κ2) is 7.98. The van der Waals surface area contributed by atoms with Gasteiger partial charge in [0.15, 0.2) is 0 Å². The second-order valence-electron chi connectivity index (χ2n) is 4.88. The molecule has 0 unspecified atom stereocenters. The number of carbonyl (C=O) groups excluding carboxylic acids is 2. The van der Waals surface area contributed by atoms with E-state index in [0.717, 1.165) is 41.6 Å². The third-order valence-electron chi connectivity index (χ3n) is 3.50. The number of thiocarbonyl (C=S) groups is 1. The van der Waals surface area contributed by atoms with Crippen LogP contribution in [0.1, 0.15) is 38.4 Å². The Balaban J connectivity index is 2.24. The SMILES string of the molecule is COC(=O)c1sc(N)c(C(=O)OC)c1CSC(=S)N1CCCC1. The van der Waals surface area contributed by atoms with Gasteiger partial charge in [0, 0.05) is 24.4 Å². The minimum atomic E-state index is -0.559. The van der Waals surface area contributed by atoms with Gasteiger partial charge < -0.3 is 20.1 Å². The van der Waals surface area contributed by atoms with E-state index in [-0.39, 0.29) is 10.6 Å². The zero-order valence-electron chi connectivity index (χ0n) is 12.9. The number of thioether (sulfide) groups is 1. The van der Waals surface area contributed by atoms with Gasteiger partial charge in [-0.1, -0.05) is 24.0 Å². The lowest BCUT2D eigenvalue weighted by Gasteiger charge is -2.17. The van der Waals surface area contributed by atoms with Gasteiger partial charge in [0.1, 0.15) is 14.2 Å². The highest BCUT2D eigenvalue weighted by atomic mass is 32.2. The number of nitrogens with zero attached hydrogens (tertiary/aromatic N) is 1. The summed E-state index contributed by atoms with van der Waals surface area (Å²) in [5, 5.41) is 0.250. The Bertz CT molecular complexity index is 624. The van der Waals surface area contributed by atoms with Gasteiger partial charge in [-0.05, 0) is 12.8 Å². The monoisotopic (exact) mass is 374 g/mol. The largest absolute Gasteiger partial charge is 0.465 e. The van der Waals surface area contributed by atoms with Gasteiger partial charge >= 0.3 is 11.9 Å². The maximum absolute atomic E-state index is 12.0. The molecule has 0 saturated carbocycles. The zero-order valence-corrected chi connectivity index (χ0v) is 15.4. The van der Waals surface area contributed by atoms with Crippen molar-refractivity contribution in [3.8, 4) is 0 Å². The molecule has 1 aromatic heterocycles. The van der Waals surface area contributed by atoms with Crippen molar-refractivity contribution in [1.29, 1.82) is 0 Å². The van der Waals surface area contributed by atoms with Gasteiger partial charge in [-0.3, -0.25) is 0 Å². The Morgan fingerprint density at radius 1 is 1.26 bits per heavy atom. The molecular weight excluding hydrogens is 356 g/mol. The lowest BCUT2D eigenvalue weighted by Crippen LogP contribution is -2.23. The second-order valence-corrected chi connectivity index (χ2v) is 7.54. The number of ether oxygens (including phenoxy) is 2. The smallest absolute Gasteiger partial charge is 0.348 e. The first-order chi connectivity index (χ1) is 11.0. The number of nitrogens with two attached hydrogens (primary N) is 1. The van der Waals surface area contributed by atoms with Gasteiger partial charge in [-0.25, -0.2) is 9.59 Å². The number of nitrogen functional groups attached to an aromatic ring is 1. The van der Waals surface area contributed by atoms with Crippen LogP contribution in [0.5, 0.6) is 0 Å². The molecule has 23 heavy (non-hydrogen) atoms. The zero-order chi connectivity index (χ0) is 17.0. The molecule has 0 aliphatic carbocycles. The van der Waals surface area contributed by atoms with Crippen molar-refractivity contribution in [1.82, 2.24) is 4.90 Å². The number of rotatable bonds is 4. The number of esters is 2. The van der Waals surface area contributed by atoms with Crippen LogP contribution in [0, 0.1) is 0 Å². The average Bonchev–Trinajstić information content (AvgIpc) is 3.19. The molecule has 2 N–H and O–H groups in total. The van der Waals surface area contributed by atoms with Gasteiger partial charge in [0.25, 0.3) is 0 Å². The molecule has 1 aromatic rings. The summed E-state index contributed by atoms with van der Waals surface area (Å²) in [7, 11) is 2.57. The third-order valence-corrected chi connectivity index (χ3v) is 6.09. The van der Waals surface area contributed by atoms with E-state index < -0.39 is 11.9 Å². The quantitative estimate of drug-likeness (QED) is 0.636. The Hall–Kier alpha value is -1.32. The Labute approximate surface area is 148 Å². The van der Waals surface area contributed by atoms with Crippen molar-refractivity contribution in [3.63, 3.8) is 0 Å².